The van der Waals surface area contributed by atoms with Gasteiger partial charge in [-0.3, -0.25) is 0 Å². The van der Waals surface area contributed by atoms with Gasteiger partial charge in [0.15, 0.2) is 0 Å². The summed E-state index contributed by atoms with van der Waals surface area (Å²) in [7, 11) is 0. The van der Waals surface area contributed by atoms with Gasteiger partial charge in [0, 0.05) is 0 Å². The van der Waals surface area contributed by atoms with Crippen LogP contribution in [0, 0.1) is 5.41 Å². The summed E-state index contributed by atoms with van der Waals surface area (Å²) in [5.41, 5.74) is 0.582. The van der Waals surface area contributed by atoms with Gasteiger partial charge in [0.1, 0.15) is 0 Å². The Morgan fingerprint density at radius 3 is 1.11 bits per heavy atom. The molecule has 0 heterocycles. The Hall–Kier alpha value is 1.75. The monoisotopic (exact) mass is 266 g/mol. The minimum absolute atomic E-state index is 0. The molecular formula is C5H11Cl3Zr. The van der Waals surface area contributed by atoms with Crippen molar-refractivity contribution in [3.63, 3.8) is 0 Å². The van der Waals surface area contributed by atoms with Crippen LogP contribution in [0.1, 0.15) is 20.8 Å². The Kier molecular flexibility index (Phi) is 24.3. The summed E-state index contributed by atoms with van der Waals surface area (Å²) in [5.74, 6) is 0. The second kappa shape index (κ2) is 9.75. The predicted octanol–water partition coefficient (Wildman–Crippen LogP) is -6.99. The Bertz CT molecular complexity index is 42.0. The molecule has 56 valence electrons. The third kappa shape index (κ3) is 26.0. The van der Waals surface area contributed by atoms with E-state index in [0.717, 1.165) is 0 Å². The van der Waals surface area contributed by atoms with Gasteiger partial charge in [0.2, 0.25) is 0 Å². The third-order valence-corrected chi connectivity index (χ3v) is 3.14. The van der Waals surface area contributed by atoms with Crippen LogP contribution in [0.3, 0.4) is 0 Å². The van der Waals surface area contributed by atoms with E-state index in [4.69, 9.17) is 0 Å². The van der Waals surface area contributed by atoms with Crippen molar-refractivity contribution in [1.82, 2.24) is 0 Å². The molecule has 0 saturated carbocycles. The first-order valence-corrected chi connectivity index (χ1v) is 3.95. The van der Waals surface area contributed by atoms with Gasteiger partial charge in [0.25, 0.3) is 0 Å². The van der Waals surface area contributed by atoms with Crippen LogP contribution in [0.15, 0.2) is 0 Å². The van der Waals surface area contributed by atoms with Crippen LogP contribution in [-0.2, 0) is 24.7 Å². The first-order chi connectivity index (χ1) is 2.56. The number of hydrogen-bond acceptors (Lipinski definition) is 0. The van der Waals surface area contributed by atoms with Crippen LogP contribution in [0.25, 0.3) is 0 Å². The van der Waals surface area contributed by atoms with E-state index < -0.39 is 0 Å². The normalized spacial score (nSPS) is 8.11. The summed E-state index contributed by atoms with van der Waals surface area (Å²) < 4.78 is 1.36. The van der Waals surface area contributed by atoms with Crippen molar-refractivity contribution in [2.75, 3.05) is 0 Å². The molecule has 0 rings (SSSR count). The topological polar surface area (TPSA) is 0 Å². The summed E-state index contributed by atoms with van der Waals surface area (Å²) in [5, 5.41) is 0. The van der Waals surface area contributed by atoms with E-state index in [1.807, 2.05) is 0 Å². The fraction of sp³-hybridized carbons (Fsp3) is 1.00. The summed E-state index contributed by atoms with van der Waals surface area (Å²) >= 11 is 1.65. The zero-order chi connectivity index (χ0) is 5.21. The molecule has 0 atom stereocenters. The fourth-order valence-electron chi connectivity index (χ4n) is 0. The maximum atomic E-state index is 2.27. The van der Waals surface area contributed by atoms with Gasteiger partial charge in [-0.25, -0.2) is 0 Å². The molecule has 4 heteroatoms. The van der Waals surface area contributed by atoms with Gasteiger partial charge in [-0.1, -0.05) is 0 Å². The quantitative estimate of drug-likeness (QED) is 0.410. The Morgan fingerprint density at radius 1 is 1.00 bits per heavy atom. The predicted molar refractivity (Wildman–Crippen MR) is 24.3 cm³/mol. The molecule has 0 N–H and O–H groups in total. The van der Waals surface area contributed by atoms with Gasteiger partial charge < -0.3 is 37.2 Å². The molecule has 0 spiro atoms. The molecule has 0 aliphatic heterocycles. The molecule has 9 heavy (non-hydrogen) atoms. The third-order valence-electron chi connectivity index (χ3n) is 0.530. The van der Waals surface area contributed by atoms with E-state index in [1.165, 1.54) is 4.13 Å². The van der Waals surface area contributed by atoms with E-state index in [0.29, 0.717) is 5.41 Å². The van der Waals surface area contributed by atoms with Crippen molar-refractivity contribution in [3.05, 3.63) is 0 Å². The second-order valence-electron chi connectivity index (χ2n) is 2.74. The molecule has 0 aliphatic rings. The number of rotatable bonds is 0. The Balaban J connectivity index is -0.0000000417. The number of halogens is 3. The molecular weight excluding hydrogens is 258 g/mol. The second-order valence-corrected chi connectivity index (χ2v) is 3.61. The number of hydrogen-bond donors (Lipinski definition) is 0. The van der Waals surface area contributed by atoms with E-state index in [9.17, 15) is 0 Å². The van der Waals surface area contributed by atoms with E-state index in [1.54, 1.807) is 24.7 Å². The maximum Gasteiger partial charge on any atom is -1.00 e. The van der Waals surface area contributed by atoms with Crippen LogP contribution in [-0.4, -0.2) is 0 Å². The molecule has 0 bridgehead atoms. The molecule has 0 fully saturated rings. The smallest absolute Gasteiger partial charge is 1.00 e. The fourth-order valence-corrected chi connectivity index (χ4v) is 0. The van der Waals surface area contributed by atoms with E-state index in [-0.39, 0.29) is 37.2 Å². The Morgan fingerprint density at radius 2 is 1.11 bits per heavy atom. The van der Waals surface area contributed by atoms with Gasteiger partial charge in [-0.2, -0.15) is 0 Å². The van der Waals surface area contributed by atoms with E-state index in [2.05, 4.69) is 20.8 Å². The van der Waals surface area contributed by atoms with Crippen molar-refractivity contribution in [1.29, 1.82) is 0 Å². The van der Waals surface area contributed by atoms with Crippen molar-refractivity contribution in [2.45, 2.75) is 24.9 Å². The zero-order valence-corrected chi connectivity index (χ0v) is 10.6. The summed E-state index contributed by atoms with van der Waals surface area (Å²) in [6.45, 7) is 6.80. The molecule has 0 aromatic heterocycles. The molecule has 0 aromatic rings. The summed E-state index contributed by atoms with van der Waals surface area (Å²) in [4.78, 5) is 0. The van der Waals surface area contributed by atoms with Gasteiger partial charge in [-0.15, -0.1) is 0 Å². The molecule has 0 amide bonds. The van der Waals surface area contributed by atoms with Crippen molar-refractivity contribution < 1.29 is 61.9 Å². The first kappa shape index (κ1) is 22.4. The van der Waals surface area contributed by atoms with E-state index >= 15 is 0 Å². The van der Waals surface area contributed by atoms with Gasteiger partial charge in [0.05, 0.1) is 0 Å². The van der Waals surface area contributed by atoms with Gasteiger partial charge >= 0.3 is 55.0 Å². The van der Waals surface area contributed by atoms with Gasteiger partial charge in [-0.05, 0) is 0 Å². The average Bonchev–Trinajstić information content (AvgIpc) is 1.35. The van der Waals surface area contributed by atoms with Crippen LogP contribution >= 0.6 is 0 Å². The van der Waals surface area contributed by atoms with Crippen LogP contribution in [0.5, 0.6) is 0 Å². The van der Waals surface area contributed by atoms with Crippen molar-refractivity contribution >= 4 is 0 Å². The average molecular weight is 269 g/mol. The van der Waals surface area contributed by atoms with Crippen molar-refractivity contribution in [2.24, 2.45) is 5.41 Å². The van der Waals surface area contributed by atoms with Crippen LogP contribution in [0.2, 0.25) is 4.13 Å². The SMILES string of the molecule is CC(C)(C)[CH2][Zr+3].[Cl-].[Cl-].[Cl-]. The summed E-state index contributed by atoms with van der Waals surface area (Å²) in [6, 6.07) is 0. The minimum atomic E-state index is 0. The molecule has 0 unspecified atom stereocenters. The minimum Gasteiger partial charge on any atom is -1.00 e. The molecule has 0 saturated heterocycles. The van der Waals surface area contributed by atoms with Crippen LogP contribution < -0.4 is 37.2 Å². The molecule has 0 aliphatic carbocycles. The molecule has 0 nitrogen and oxygen atoms in total. The maximum absolute atomic E-state index is 2.27. The molecule has 0 radical (unpaired) electrons. The largest absolute Gasteiger partial charge is 1.00 e. The van der Waals surface area contributed by atoms with Crippen LogP contribution in [0.4, 0.5) is 0 Å². The molecule has 0 aromatic carbocycles. The van der Waals surface area contributed by atoms with Crippen molar-refractivity contribution in [3.8, 4) is 0 Å². The first-order valence-electron chi connectivity index (χ1n) is 2.21. The summed E-state index contributed by atoms with van der Waals surface area (Å²) in [6.07, 6.45) is 0. The Labute approximate surface area is 91.6 Å². The standard InChI is InChI=1S/C5H11.3ClH.Zr/c1-5(2,3)4;;;;/h1H2,2-4H3;3*1H;/q;;;;+3/p-3. The zero-order valence-electron chi connectivity index (χ0n) is 5.84.